The Morgan fingerprint density at radius 2 is 1.50 bits per heavy atom. The highest BCUT2D eigenvalue weighted by Crippen LogP contribution is 2.10. The Labute approximate surface area is 121 Å². The highest BCUT2D eigenvalue weighted by atomic mass is 16.1. The van der Waals surface area contributed by atoms with Crippen LogP contribution in [-0.4, -0.2) is 17.8 Å². The predicted molar refractivity (Wildman–Crippen MR) is 83.5 cm³/mol. The molecule has 0 aliphatic rings. The van der Waals surface area contributed by atoms with E-state index >= 15 is 0 Å². The monoisotopic (exact) mass is 283 g/mol. The lowest BCUT2D eigenvalue weighted by Crippen LogP contribution is -2.32. The van der Waals surface area contributed by atoms with Crippen molar-refractivity contribution >= 4 is 17.8 Å². The van der Waals surface area contributed by atoms with Crippen LogP contribution in [0.2, 0.25) is 0 Å². The average Bonchev–Trinajstić information content (AvgIpc) is 2.35. The zero-order chi connectivity index (χ0) is 15.2. The molecule has 6 heteroatoms. The van der Waals surface area contributed by atoms with Crippen LogP contribution in [0.1, 0.15) is 71.1 Å². The van der Waals surface area contributed by atoms with Gasteiger partial charge in [0, 0.05) is 6.42 Å². The molecule has 0 spiro atoms. The number of carbonyl (C=O) groups is 1. The van der Waals surface area contributed by atoms with Crippen molar-refractivity contribution in [2.45, 2.75) is 71.1 Å². The topological polar surface area (TPSA) is 117 Å². The first-order valence-corrected chi connectivity index (χ1v) is 7.54. The third-order valence-corrected chi connectivity index (χ3v) is 3.01. The molecule has 0 unspecified atom stereocenters. The van der Waals surface area contributed by atoms with Gasteiger partial charge in [0.1, 0.15) is 0 Å². The van der Waals surface area contributed by atoms with E-state index < -0.39 is 0 Å². The Morgan fingerprint density at radius 3 is 2.00 bits per heavy atom. The number of amides is 1. The number of unbranched alkanes of at least 4 members (excludes halogenated alkanes) is 8. The van der Waals surface area contributed by atoms with E-state index in [1.165, 1.54) is 44.9 Å². The SMILES string of the molecule is CCCCCCCCCCCC(=O)NC(=N)N=C(N)N. The number of hydrogen-bond donors (Lipinski definition) is 4. The third-order valence-electron chi connectivity index (χ3n) is 3.01. The Balaban J connectivity index is 3.40. The van der Waals surface area contributed by atoms with Gasteiger partial charge in [-0.05, 0) is 6.42 Å². The van der Waals surface area contributed by atoms with E-state index in [-0.39, 0.29) is 17.8 Å². The highest BCUT2D eigenvalue weighted by Gasteiger charge is 2.03. The molecule has 0 aliphatic heterocycles. The van der Waals surface area contributed by atoms with Crippen LogP contribution in [0.5, 0.6) is 0 Å². The number of guanidine groups is 2. The molecule has 0 aromatic heterocycles. The minimum absolute atomic E-state index is 0.206. The summed E-state index contributed by atoms with van der Waals surface area (Å²) < 4.78 is 0. The molecular formula is C14H29N5O. The molecule has 0 saturated carbocycles. The first-order chi connectivity index (χ1) is 9.56. The maximum absolute atomic E-state index is 11.4. The molecule has 0 heterocycles. The minimum atomic E-state index is -0.300. The average molecular weight is 283 g/mol. The minimum Gasteiger partial charge on any atom is -0.370 e. The molecule has 0 aromatic carbocycles. The number of hydrogen-bond acceptors (Lipinski definition) is 2. The van der Waals surface area contributed by atoms with Crippen molar-refractivity contribution in [1.82, 2.24) is 5.32 Å². The van der Waals surface area contributed by atoms with Crippen LogP contribution in [0.25, 0.3) is 0 Å². The molecule has 0 aliphatic carbocycles. The van der Waals surface area contributed by atoms with Gasteiger partial charge in [0.05, 0.1) is 0 Å². The van der Waals surface area contributed by atoms with Crippen LogP contribution in [0.3, 0.4) is 0 Å². The summed E-state index contributed by atoms with van der Waals surface area (Å²) in [6, 6.07) is 0. The molecule has 0 bridgehead atoms. The summed E-state index contributed by atoms with van der Waals surface area (Å²) in [5.74, 6) is -0.729. The molecule has 0 aromatic rings. The summed E-state index contributed by atoms with van der Waals surface area (Å²) in [7, 11) is 0. The number of nitrogens with zero attached hydrogens (tertiary/aromatic N) is 1. The number of rotatable bonds is 10. The van der Waals surface area contributed by atoms with E-state index in [4.69, 9.17) is 16.9 Å². The second-order valence-electron chi connectivity index (χ2n) is 5.01. The lowest BCUT2D eigenvalue weighted by Gasteiger charge is -2.03. The zero-order valence-corrected chi connectivity index (χ0v) is 12.6. The van der Waals surface area contributed by atoms with Crippen molar-refractivity contribution in [3.05, 3.63) is 0 Å². The van der Waals surface area contributed by atoms with Crippen molar-refractivity contribution in [3.63, 3.8) is 0 Å². The van der Waals surface area contributed by atoms with Gasteiger partial charge in [0.15, 0.2) is 5.96 Å². The molecule has 6 N–H and O–H groups in total. The standard InChI is InChI=1S/C14H29N5O/c1-2-3-4-5-6-7-8-9-10-11-12(20)18-14(17)19-13(15)16/h2-11H2,1H3,(H6,15,16,17,18,19,20). The van der Waals surface area contributed by atoms with Crippen LogP contribution in [0, 0.1) is 5.41 Å². The Hall–Kier alpha value is -1.59. The highest BCUT2D eigenvalue weighted by molar-refractivity contribution is 6.00. The number of nitrogens with one attached hydrogen (secondary N) is 2. The maximum atomic E-state index is 11.4. The zero-order valence-electron chi connectivity index (χ0n) is 12.6. The van der Waals surface area contributed by atoms with Crippen molar-refractivity contribution in [2.24, 2.45) is 16.5 Å². The molecule has 0 radical (unpaired) electrons. The van der Waals surface area contributed by atoms with Gasteiger partial charge in [0.2, 0.25) is 11.9 Å². The molecule has 0 rings (SSSR count). The molecule has 1 amide bonds. The van der Waals surface area contributed by atoms with Crippen LogP contribution in [0.15, 0.2) is 4.99 Å². The number of carbonyl (C=O) groups excluding carboxylic acids is 1. The smallest absolute Gasteiger partial charge is 0.226 e. The van der Waals surface area contributed by atoms with E-state index in [0.717, 1.165) is 12.8 Å². The van der Waals surface area contributed by atoms with E-state index in [9.17, 15) is 4.79 Å². The van der Waals surface area contributed by atoms with Crippen molar-refractivity contribution in [2.75, 3.05) is 0 Å². The Bertz CT molecular complexity index is 311. The molecule has 0 fully saturated rings. The second-order valence-corrected chi connectivity index (χ2v) is 5.01. The van der Waals surface area contributed by atoms with Gasteiger partial charge >= 0.3 is 0 Å². The van der Waals surface area contributed by atoms with Crippen LogP contribution in [0.4, 0.5) is 0 Å². The van der Waals surface area contributed by atoms with Crippen molar-refractivity contribution in [1.29, 1.82) is 5.41 Å². The third kappa shape index (κ3) is 12.9. The molecular weight excluding hydrogens is 254 g/mol. The summed E-state index contributed by atoms with van der Waals surface area (Å²) in [5, 5.41) is 9.63. The van der Waals surface area contributed by atoms with E-state index in [0.29, 0.717) is 6.42 Å². The molecule has 116 valence electrons. The second kappa shape index (κ2) is 12.4. The normalized spacial score (nSPS) is 10.1. The van der Waals surface area contributed by atoms with Gasteiger partial charge in [-0.3, -0.25) is 15.5 Å². The lowest BCUT2D eigenvalue weighted by molar-refractivity contribution is -0.119. The molecule has 20 heavy (non-hydrogen) atoms. The fourth-order valence-corrected chi connectivity index (χ4v) is 1.95. The molecule has 0 saturated heterocycles. The largest absolute Gasteiger partial charge is 0.370 e. The van der Waals surface area contributed by atoms with Crippen LogP contribution in [-0.2, 0) is 4.79 Å². The first kappa shape index (κ1) is 18.4. The molecule has 6 nitrogen and oxygen atoms in total. The molecule has 0 atom stereocenters. The van der Waals surface area contributed by atoms with Gasteiger partial charge in [-0.25, -0.2) is 0 Å². The summed E-state index contributed by atoms with van der Waals surface area (Å²) in [6.45, 7) is 2.22. The van der Waals surface area contributed by atoms with Gasteiger partial charge < -0.3 is 11.5 Å². The summed E-state index contributed by atoms with van der Waals surface area (Å²) in [5.41, 5.74) is 10.2. The van der Waals surface area contributed by atoms with Gasteiger partial charge in [0.25, 0.3) is 0 Å². The predicted octanol–water partition coefficient (Wildman–Crippen LogP) is 2.23. The fourth-order valence-electron chi connectivity index (χ4n) is 1.95. The van der Waals surface area contributed by atoms with E-state index in [1.807, 2.05) is 0 Å². The van der Waals surface area contributed by atoms with Crippen molar-refractivity contribution in [3.8, 4) is 0 Å². The van der Waals surface area contributed by atoms with E-state index in [2.05, 4.69) is 17.2 Å². The van der Waals surface area contributed by atoms with E-state index in [1.54, 1.807) is 0 Å². The number of nitrogens with two attached hydrogens (primary N) is 2. The first-order valence-electron chi connectivity index (χ1n) is 7.54. The summed E-state index contributed by atoms with van der Waals surface area (Å²) >= 11 is 0. The Kier molecular flexibility index (Phi) is 11.5. The van der Waals surface area contributed by atoms with Gasteiger partial charge in [-0.15, -0.1) is 0 Å². The fraction of sp³-hybridized carbons (Fsp3) is 0.786. The summed E-state index contributed by atoms with van der Waals surface area (Å²) in [6.07, 6.45) is 11.3. The summed E-state index contributed by atoms with van der Waals surface area (Å²) in [4.78, 5) is 14.9. The lowest BCUT2D eigenvalue weighted by atomic mass is 10.1. The van der Waals surface area contributed by atoms with Crippen molar-refractivity contribution < 1.29 is 4.79 Å². The quantitative estimate of drug-likeness (QED) is 0.280. The number of aliphatic imine (C=N–C) groups is 1. The maximum Gasteiger partial charge on any atom is 0.226 e. The van der Waals surface area contributed by atoms with Gasteiger partial charge in [-0.1, -0.05) is 58.3 Å². The Morgan fingerprint density at radius 1 is 1.00 bits per heavy atom. The van der Waals surface area contributed by atoms with Crippen LogP contribution < -0.4 is 16.8 Å². The van der Waals surface area contributed by atoms with Crippen LogP contribution >= 0.6 is 0 Å². The van der Waals surface area contributed by atoms with Gasteiger partial charge in [-0.2, -0.15) is 4.99 Å².